The number of carbonyl (C=O) groups is 1. The minimum absolute atomic E-state index is 0.0175. The predicted molar refractivity (Wildman–Crippen MR) is 76.7 cm³/mol. The van der Waals surface area contributed by atoms with Gasteiger partial charge in [-0.3, -0.25) is 4.31 Å². The number of nitrogen functional groups attached to an aromatic ring is 1. The first-order valence-corrected chi connectivity index (χ1v) is 7.31. The number of anilines is 2. The number of rotatable bonds is 4. The summed E-state index contributed by atoms with van der Waals surface area (Å²) in [6.07, 6.45) is 1.18. The number of aromatic nitrogens is 2. The number of carboxylic acids is 1. The molecule has 0 radical (unpaired) electrons. The van der Waals surface area contributed by atoms with Crippen LogP contribution in [0, 0.1) is 6.92 Å². The van der Waals surface area contributed by atoms with E-state index < -0.39 is 16.0 Å². The molecule has 0 aliphatic rings. The lowest BCUT2D eigenvalue weighted by molar-refractivity contribution is 0.0698. The third-order valence-corrected chi connectivity index (χ3v) is 4.59. The second kappa shape index (κ2) is 5.09. The number of nitrogens with two attached hydrogens (primary N) is 1. The van der Waals surface area contributed by atoms with Gasteiger partial charge >= 0.3 is 5.97 Å². The molecule has 2 rings (SSSR count). The van der Waals surface area contributed by atoms with Gasteiger partial charge in [-0.1, -0.05) is 0 Å². The molecule has 0 unspecified atom stereocenters. The Morgan fingerprint density at radius 2 is 2.10 bits per heavy atom. The number of aromatic amines is 1. The third kappa shape index (κ3) is 2.68. The van der Waals surface area contributed by atoms with Crippen LogP contribution in [0.15, 0.2) is 29.4 Å². The number of imidazole rings is 1. The van der Waals surface area contributed by atoms with Crippen molar-refractivity contribution in [1.29, 1.82) is 0 Å². The third-order valence-electron chi connectivity index (χ3n) is 2.91. The number of hydrogen-bond donors (Lipinski definition) is 3. The smallest absolute Gasteiger partial charge is 0.337 e. The molecule has 21 heavy (non-hydrogen) atoms. The van der Waals surface area contributed by atoms with E-state index in [1.807, 2.05) is 0 Å². The van der Waals surface area contributed by atoms with E-state index in [1.54, 1.807) is 6.92 Å². The summed E-state index contributed by atoms with van der Waals surface area (Å²) in [7, 11) is -2.66. The van der Waals surface area contributed by atoms with Crippen molar-refractivity contribution >= 4 is 27.4 Å². The molecule has 1 aromatic carbocycles. The monoisotopic (exact) mass is 310 g/mol. The maximum absolute atomic E-state index is 12.4. The van der Waals surface area contributed by atoms with Gasteiger partial charge in [-0.2, -0.15) is 8.42 Å². The summed E-state index contributed by atoms with van der Waals surface area (Å²) < 4.78 is 25.8. The molecule has 0 amide bonds. The van der Waals surface area contributed by atoms with Crippen LogP contribution in [0.25, 0.3) is 0 Å². The van der Waals surface area contributed by atoms with Gasteiger partial charge in [-0.05, 0) is 25.1 Å². The molecule has 0 bridgehead atoms. The lowest BCUT2D eigenvalue weighted by Crippen LogP contribution is -2.28. The van der Waals surface area contributed by atoms with Crippen LogP contribution < -0.4 is 10.0 Å². The highest BCUT2D eigenvalue weighted by atomic mass is 32.2. The number of H-pyrrole nitrogens is 1. The Labute approximate surface area is 121 Å². The number of benzene rings is 1. The number of carboxylic acid groups (broad SMARTS) is 1. The fourth-order valence-electron chi connectivity index (χ4n) is 1.81. The van der Waals surface area contributed by atoms with Crippen molar-refractivity contribution < 1.29 is 18.3 Å². The van der Waals surface area contributed by atoms with Crippen molar-refractivity contribution in [2.75, 3.05) is 17.1 Å². The zero-order valence-corrected chi connectivity index (χ0v) is 12.2. The molecule has 0 spiro atoms. The van der Waals surface area contributed by atoms with Crippen LogP contribution in [0.1, 0.15) is 16.2 Å². The van der Waals surface area contributed by atoms with Crippen LogP contribution >= 0.6 is 0 Å². The lowest BCUT2D eigenvalue weighted by Gasteiger charge is -2.20. The number of nitrogens with one attached hydrogen (secondary N) is 1. The first-order chi connectivity index (χ1) is 9.73. The van der Waals surface area contributed by atoms with Gasteiger partial charge < -0.3 is 15.8 Å². The minimum Gasteiger partial charge on any atom is -0.478 e. The van der Waals surface area contributed by atoms with E-state index >= 15 is 0 Å². The van der Waals surface area contributed by atoms with E-state index in [1.165, 1.54) is 31.4 Å². The molecule has 0 saturated heterocycles. The average Bonchev–Trinajstić information content (AvgIpc) is 2.85. The SMILES string of the molecule is Cc1ncc(S(=O)(=O)N(C)c2ccc(N)cc2C(=O)O)[nH]1. The molecule has 112 valence electrons. The Bertz CT molecular complexity index is 797. The van der Waals surface area contributed by atoms with E-state index in [-0.39, 0.29) is 22.0 Å². The van der Waals surface area contributed by atoms with Crippen molar-refractivity contribution in [3.8, 4) is 0 Å². The molecule has 0 aliphatic carbocycles. The molecule has 4 N–H and O–H groups in total. The number of hydrogen-bond acceptors (Lipinski definition) is 5. The summed E-state index contributed by atoms with van der Waals surface area (Å²) in [4.78, 5) is 17.7. The maximum Gasteiger partial charge on any atom is 0.337 e. The highest BCUT2D eigenvalue weighted by Crippen LogP contribution is 2.26. The summed E-state index contributed by atoms with van der Waals surface area (Å²) in [6, 6.07) is 3.99. The topological polar surface area (TPSA) is 129 Å². The zero-order valence-electron chi connectivity index (χ0n) is 11.4. The van der Waals surface area contributed by atoms with E-state index in [0.717, 1.165) is 4.31 Å². The second-order valence-corrected chi connectivity index (χ2v) is 6.32. The Morgan fingerprint density at radius 3 is 2.62 bits per heavy atom. The fraction of sp³-hybridized carbons (Fsp3) is 0.167. The predicted octanol–water partition coefficient (Wildman–Crippen LogP) is 0.824. The van der Waals surface area contributed by atoms with Gasteiger partial charge in [0.05, 0.1) is 17.4 Å². The largest absolute Gasteiger partial charge is 0.478 e. The van der Waals surface area contributed by atoms with Crippen molar-refractivity contribution in [3.63, 3.8) is 0 Å². The molecular formula is C12H14N4O4S. The maximum atomic E-state index is 12.4. The van der Waals surface area contributed by atoms with Crippen LogP contribution in [-0.2, 0) is 10.0 Å². The average molecular weight is 310 g/mol. The first kappa shape index (κ1) is 14.9. The number of aromatic carboxylic acids is 1. The number of sulfonamides is 1. The van der Waals surface area contributed by atoms with Crippen LogP contribution in [-0.4, -0.2) is 36.5 Å². The molecular weight excluding hydrogens is 296 g/mol. The van der Waals surface area contributed by atoms with E-state index in [4.69, 9.17) is 5.73 Å². The van der Waals surface area contributed by atoms with Gasteiger partial charge in [0.15, 0.2) is 5.03 Å². The van der Waals surface area contributed by atoms with Crippen molar-refractivity contribution in [2.45, 2.75) is 11.9 Å². The molecule has 0 aliphatic heterocycles. The quantitative estimate of drug-likeness (QED) is 0.717. The highest BCUT2D eigenvalue weighted by molar-refractivity contribution is 7.92. The lowest BCUT2D eigenvalue weighted by atomic mass is 10.1. The van der Waals surface area contributed by atoms with Gasteiger partial charge in [0.2, 0.25) is 0 Å². The van der Waals surface area contributed by atoms with Crippen LogP contribution in [0.5, 0.6) is 0 Å². The molecule has 0 saturated carbocycles. The summed E-state index contributed by atoms with van der Waals surface area (Å²) in [5, 5.41) is 9.07. The van der Waals surface area contributed by atoms with Gasteiger partial charge in [0.25, 0.3) is 10.0 Å². The normalized spacial score (nSPS) is 11.3. The summed E-state index contributed by atoms with van der Waals surface area (Å²) in [5.74, 6) is -0.821. The van der Waals surface area contributed by atoms with Gasteiger partial charge in [-0.15, -0.1) is 0 Å². The summed E-state index contributed by atoms with van der Waals surface area (Å²) in [6.45, 7) is 1.62. The Kier molecular flexibility index (Phi) is 3.60. The fourth-order valence-corrected chi connectivity index (χ4v) is 2.98. The zero-order chi connectivity index (χ0) is 15.8. The molecule has 8 nitrogen and oxygen atoms in total. The van der Waals surface area contributed by atoms with Crippen LogP contribution in [0.3, 0.4) is 0 Å². The van der Waals surface area contributed by atoms with E-state index in [9.17, 15) is 18.3 Å². The van der Waals surface area contributed by atoms with Gasteiger partial charge in [0, 0.05) is 12.7 Å². The Hall–Kier alpha value is -2.55. The van der Waals surface area contributed by atoms with Crippen LogP contribution in [0.4, 0.5) is 11.4 Å². The molecule has 0 fully saturated rings. The summed E-state index contributed by atoms with van der Waals surface area (Å²) in [5.41, 5.74) is 5.60. The van der Waals surface area contributed by atoms with Crippen molar-refractivity contribution in [2.24, 2.45) is 0 Å². The van der Waals surface area contributed by atoms with Gasteiger partial charge in [0.1, 0.15) is 5.82 Å². The molecule has 1 heterocycles. The molecule has 1 aromatic heterocycles. The second-order valence-electron chi connectivity index (χ2n) is 4.39. The molecule has 9 heteroatoms. The highest BCUT2D eigenvalue weighted by Gasteiger charge is 2.26. The number of nitrogens with zero attached hydrogens (tertiary/aromatic N) is 2. The molecule has 0 atom stereocenters. The summed E-state index contributed by atoms with van der Waals surface area (Å²) >= 11 is 0. The van der Waals surface area contributed by atoms with E-state index in [2.05, 4.69) is 9.97 Å². The van der Waals surface area contributed by atoms with Crippen molar-refractivity contribution in [3.05, 3.63) is 35.8 Å². The van der Waals surface area contributed by atoms with E-state index in [0.29, 0.717) is 5.82 Å². The minimum atomic E-state index is -3.93. The van der Waals surface area contributed by atoms with Gasteiger partial charge in [-0.25, -0.2) is 9.78 Å². The molecule has 2 aromatic rings. The first-order valence-electron chi connectivity index (χ1n) is 5.87. The number of aryl methyl sites for hydroxylation is 1. The Morgan fingerprint density at radius 1 is 1.43 bits per heavy atom. The van der Waals surface area contributed by atoms with Crippen LogP contribution in [0.2, 0.25) is 0 Å². The Balaban J connectivity index is 2.54. The standard InChI is InChI=1S/C12H14N4O4S/c1-7-14-6-11(15-7)21(19,20)16(2)10-4-3-8(13)5-9(10)12(17)18/h3-6H,13H2,1-2H3,(H,14,15)(H,17,18). The van der Waals surface area contributed by atoms with Crippen molar-refractivity contribution in [1.82, 2.24) is 9.97 Å².